The molecule has 17 nitrogen and oxygen atoms in total. The van der Waals surface area contributed by atoms with Gasteiger partial charge in [0, 0.05) is 47.6 Å². The molecule has 3 aromatic heterocycles. The maximum absolute atomic E-state index is 15.6. The molecule has 2 aliphatic rings. The number of sulfonamides is 1. The molecule has 406 valence electrons. The Morgan fingerprint density at radius 3 is 2.19 bits per heavy atom. The number of urea groups is 1. The van der Waals surface area contributed by atoms with Crippen molar-refractivity contribution in [2.75, 3.05) is 29.5 Å². The van der Waals surface area contributed by atoms with Gasteiger partial charge in [0.1, 0.15) is 40.9 Å². The maximum Gasteiger partial charge on any atom is 0.435 e. The van der Waals surface area contributed by atoms with E-state index >= 15 is 8.78 Å². The normalized spacial score (nSPS) is 17.0. The fraction of sp³-hybridized carbons (Fsp3) is 0.432. The Balaban J connectivity index is 1.45. The van der Waals surface area contributed by atoms with Crippen LogP contribution in [0.5, 0.6) is 0 Å². The number of nitrogens with zero attached hydrogens (tertiary/aromatic N) is 6. The molecule has 3 atom stereocenters. The van der Waals surface area contributed by atoms with E-state index in [1.54, 1.807) is 0 Å². The van der Waals surface area contributed by atoms with Crippen LogP contribution < -0.4 is 14.9 Å². The number of benzene rings is 2. The molecule has 0 aliphatic heterocycles. The number of carbonyl (C=O) groups excluding carboxylic acids is 2. The third-order valence-corrected chi connectivity index (χ3v) is 16.3. The van der Waals surface area contributed by atoms with Crippen LogP contribution in [0.1, 0.15) is 79.0 Å². The van der Waals surface area contributed by atoms with Gasteiger partial charge in [0.05, 0.1) is 33.9 Å². The van der Waals surface area contributed by atoms with Gasteiger partial charge in [-0.1, -0.05) is 23.6 Å². The molecular weight excluding hydrogens is 1110 g/mol. The molecular formula is C44H42ClF10N8O9PS2. The van der Waals surface area contributed by atoms with Gasteiger partial charge in [-0.2, -0.15) is 49.6 Å². The Bertz CT molecular complexity index is 3460. The van der Waals surface area contributed by atoms with Crippen molar-refractivity contribution in [1.82, 2.24) is 35.2 Å². The predicted octanol–water partition coefficient (Wildman–Crippen LogP) is 7.72. The summed E-state index contributed by atoms with van der Waals surface area (Å²) in [5, 5.41) is 10.7. The van der Waals surface area contributed by atoms with Crippen molar-refractivity contribution in [2.24, 2.45) is 5.92 Å². The highest BCUT2D eigenvalue weighted by Gasteiger charge is 2.68. The van der Waals surface area contributed by atoms with Crippen LogP contribution in [0.25, 0.3) is 22.0 Å². The number of unbranched alkanes of at least 4 members (excludes halogenated alkanes) is 1. The van der Waals surface area contributed by atoms with Crippen LogP contribution in [-0.4, -0.2) is 99.2 Å². The summed E-state index contributed by atoms with van der Waals surface area (Å²) < 4.78 is 209. The van der Waals surface area contributed by atoms with E-state index in [2.05, 4.69) is 37.7 Å². The van der Waals surface area contributed by atoms with E-state index in [1.807, 2.05) is 0 Å². The lowest BCUT2D eigenvalue weighted by atomic mass is 9.93. The maximum atomic E-state index is 15.6. The molecule has 1 unspecified atom stereocenters. The Labute approximate surface area is 425 Å². The minimum absolute atomic E-state index is 0.0209. The highest BCUT2D eigenvalue weighted by Crippen LogP contribution is 2.68. The number of fused-ring (bicyclic) bond motifs is 4. The summed E-state index contributed by atoms with van der Waals surface area (Å²) in [4.78, 5) is 50.7. The zero-order chi connectivity index (χ0) is 55.8. The molecule has 0 bridgehead atoms. The van der Waals surface area contributed by atoms with Crippen molar-refractivity contribution in [3.05, 3.63) is 93.0 Å². The molecule has 75 heavy (non-hydrogen) atoms. The average Bonchev–Trinajstić information content (AvgIpc) is 3.76. The first-order valence-electron chi connectivity index (χ1n) is 22.0. The number of rotatable bonds is 16. The number of amides is 3. The van der Waals surface area contributed by atoms with Gasteiger partial charge in [-0.05, 0) is 87.3 Å². The standard InChI is InChI=1S/C44H42ClF10N8O9PS2/c1-41(2,74(3,69)70)12-11-25-7-8-26(27-9-10-30(45)34-36(27)62(21-42(48,49)50)60-39(34)63(75(4,71)72)40(65)56-13-5-6-14-73(66,67)68)35(57-25)31(17-22-15-23(46)18-24(47)16-22)58-32(64)20-61-38-33(37(59-61)44(53,54)55)28-19-29(28)43(38,51)52/h7-10,15-16,18,28-29,31H,5-6,13-14,17,19-21H2,1-4H3,(H,56,65)(H,58,64)(H2,66,67,68)/t28-,29+,31?/m0/s1. The van der Waals surface area contributed by atoms with E-state index in [-0.39, 0.29) is 49.8 Å². The topological polar surface area (TPSA) is 236 Å². The van der Waals surface area contributed by atoms with Crippen LogP contribution in [0, 0.1) is 29.4 Å². The third kappa shape index (κ3) is 12.4. The first-order chi connectivity index (χ1) is 34.4. The molecule has 3 amide bonds. The molecule has 2 aromatic carbocycles. The van der Waals surface area contributed by atoms with Crippen molar-refractivity contribution < 1.29 is 84.7 Å². The van der Waals surface area contributed by atoms with Gasteiger partial charge in [0.15, 0.2) is 21.3 Å². The molecule has 31 heteroatoms. The summed E-state index contributed by atoms with van der Waals surface area (Å²) >= 11 is 6.62. The van der Waals surface area contributed by atoms with Crippen molar-refractivity contribution in [2.45, 2.75) is 87.6 Å². The molecule has 4 N–H and O–H groups in total. The number of alkyl halides is 8. The molecule has 2 aliphatic carbocycles. The predicted molar refractivity (Wildman–Crippen MR) is 250 cm³/mol. The molecule has 1 fully saturated rings. The van der Waals surface area contributed by atoms with Crippen LogP contribution in [0.15, 0.2) is 42.5 Å². The van der Waals surface area contributed by atoms with Crippen LogP contribution >= 0.6 is 19.2 Å². The van der Waals surface area contributed by atoms with Gasteiger partial charge in [0.25, 0.3) is 5.92 Å². The van der Waals surface area contributed by atoms with Crippen LogP contribution in [0.4, 0.5) is 54.5 Å². The molecule has 3 heterocycles. The lowest BCUT2D eigenvalue weighted by Gasteiger charge is -2.23. The number of aromatic nitrogens is 5. The molecule has 0 spiro atoms. The van der Waals surface area contributed by atoms with Crippen molar-refractivity contribution in [3.63, 3.8) is 0 Å². The van der Waals surface area contributed by atoms with E-state index in [0.29, 0.717) is 12.3 Å². The largest absolute Gasteiger partial charge is 0.435 e. The number of halogens is 11. The molecule has 1 saturated carbocycles. The molecule has 0 radical (unpaired) electrons. The first kappa shape index (κ1) is 56.9. The number of nitrogens with one attached hydrogen (secondary N) is 2. The minimum Gasteiger partial charge on any atom is -0.346 e. The molecule has 0 saturated heterocycles. The number of hydrogen-bond donors (Lipinski definition) is 4. The Morgan fingerprint density at radius 1 is 0.960 bits per heavy atom. The summed E-state index contributed by atoms with van der Waals surface area (Å²) in [6.45, 7) is -1.31. The van der Waals surface area contributed by atoms with Gasteiger partial charge >= 0.3 is 26.0 Å². The first-order valence-corrected chi connectivity index (χ1v) is 27.9. The summed E-state index contributed by atoms with van der Waals surface area (Å²) in [6.07, 6.45) is -11.0. The second kappa shape index (κ2) is 20.0. The lowest BCUT2D eigenvalue weighted by Crippen LogP contribution is -2.44. The molecule has 7 rings (SSSR count). The SMILES string of the molecule is CC(C)(C#Cc1ccc(-c2ccc(Cl)c3c(N(C(=O)NCCCCP(=O)(O)O)S(C)(=O)=O)nn(CC(F)(F)F)c23)c(C(Cc2cc(F)cc(F)c2)NC(=O)Cn2nc(C(F)(F)F)c3c2C(F)(F)[C@@H]2C[C@H]32)n1)S(C)(=O)=O. The fourth-order valence-electron chi connectivity index (χ4n) is 8.51. The fourth-order valence-corrected chi connectivity index (χ4v) is 10.4. The van der Waals surface area contributed by atoms with Gasteiger partial charge in [-0.25, -0.2) is 35.4 Å². The van der Waals surface area contributed by atoms with Crippen molar-refractivity contribution >= 4 is 67.7 Å². The van der Waals surface area contributed by atoms with Crippen molar-refractivity contribution in [1.29, 1.82) is 0 Å². The van der Waals surface area contributed by atoms with Gasteiger partial charge in [-0.3, -0.25) is 18.7 Å². The highest BCUT2D eigenvalue weighted by atomic mass is 35.5. The van der Waals surface area contributed by atoms with E-state index in [9.17, 15) is 75.9 Å². The Hall–Kier alpha value is -5.79. The van der Waals surface area contributed by atoms with Crippen LogP contribution in [0.2, 0.25) is 5.02 Å². The summed E-state index contributed by atoms with van der Waals surface area (Å²) in [5.74, 6) is -6.21. The quantitative estimate of drug-likeness (QED) is 0.0322. The number of sulfone groups is 1. The number of pyridine rings is 1. The van der Waals surface area contributed by atoms with E-state index in [4.69, 9.17) is 11.6 Å². The number of hydrogen-bond acceptors (Lipinski definition) is 10. The van der Waals surface area contributed by atoms with Crippen LogP contribution in [0.3, 0.4) is 0 Å². The molecule has 5 aromatic rings. The van der Waals surface area contributed by atoms with E-state index in [0.717, 1.165) is 42.7 Å². The highest BCUT2D eigenvalue weighted by molar-refractivity contribution is 7.93. The minimum atomic E-state index is -5.24. The van der Waals surface area contributed by atoms with Gasteiger partial charge in [-0.15, -0.1) is 0 Å². The second-order valence-electron chi connectivity index (χ2n) is 18.4. The zero-order valence-corrected chi connectivity index (χ0v) is 42.6. The van der Waals surface area contributed by atoms with Gasteiger partial charge < -0.3 is 20.4 Å². The monoisotopic (exact) mass is 1150 g/mol. The Kier molecular flexibility index (Phi) is 15.2. The smallest absolute Gasteiger partial charge is 0.346 e. The lowest BCUT2D eigenvalue weighted by molar-refractivity contribution is -0.143. The summed E-state index contributed by atoms with van der Waals surface area (Å²) in [5.41, 5.74) is -6.13. The average molecular weight is 1150 g/mol. The zero-order valence-electron chi connectivity index (χ0n) is 39.3. The van der Waals surface area contributed by atoms with Crippen LogP contribution in [-0.2, 0) is 60.8 Å². The van der Waals surface area contributed by atoms with Crippen molar-refractivity contribution in [3.8, 4) is 23.0 Å². The van der Waals surface area contributed by atoms with E-state index < -0.39 is 174 Å². The summed E-state index contributed by atoms with van der Waals surface area (Å²) in [7, 11) is -13.3. The van der Waals surface area contributed by atoms with E-state index in [1.165, 1.54) is 13.8 Å². The summed E-state index contributed by atoms with van der Waals surface area (Å²) in [6, 6.07) is 3.08. The number of anilines is 1. The third-order valence-electron chi connectivity index (χ3n) is 12.2. The van der Waals surface area contributed by atoms with Gasteiger partial charge in [0.2, 0.25) is 15.9 Å². The number of carbonyl (C=O) groups is 2. The Morgan fingerprint density at radius 2 is 1.60 bits per heavy atom. The second-order valence-corrected chi connectivity index (χ2v) is 25.0.